The van der Waals surface area contributed by atoms with Gasteiger partial charge in [0.05, 0.1) is 37.4 Å². The molecule has 3 rings (SSSR count). The summed E-state index contributed by atoms with van der Waals surface area (Å²) in [6.45, 7) is 10.2. The third-order valence-corrected chi connectivity index (χ3v) is 11.0. The van der Waals surface area contributed by atoms with Gasteiger partial charge in [0, 0.05) is 52.6 Å². The van der Waals surface area contributed by atoms with Gasteiger partial charge < -0.3 is 63.1 Å². The number of methoxy groups -OCH3 is 4. The summed E-state index contributed by atoms with van der Waals surface area (Å²) in [4.78, 5) is 39.9. The molecule has 0 unspecified atom stereocenters. The van der Waals surface area contributed by atoms with Gasteiger partial charge in [0.25, 0.3) is 0 Å². The Morgan fingerprint density at radius 1 is 0.836 bits per heavy atom. The van der Waals surface area contributed by atoms with Gasteiger partial charge in [-0.3, -0.25) is 14.4 Å². The molecule has 55 heavy (non-hydrogen) atoms. The van der Waals surface area contributed by atoms with Crippen molar-refractivity contribution >= 4 is 17.5 Å². The maximum absolute atomic E-state index is 13.6. The maximum Gasteiger partial charge on any atom is 0.308 e. The molecule has 3 heterocycles. The standard InChI is InChI=1S/C39H64O16/c1-11-28-25(18-51-39-37(50-10)36(49-9)32(44)23(6)53-39)14-19(2)12-13-26(40)20(3)15-24(16-30(47-7)48-8)35(21(4)27(41)17-29(42)54-28)55-38-34(46)33(45)31(43)22(5)52-38/h12-14,20-25,27-28,30-32,34-39,41,43-44,46H,11,15-18H2,1-10H3/b13-12+,19-14+/t20-,21+,22+,23-,24-,25-,27-,28-,31+,32-,34+,35-,36-,37-,38-,39-/m1/s1. The van der Waals surface area contributed by atoms with E-state index < -0.39 is 122 Å². The summed E-state index contributed by atoms with van der Waals surface area (Å²) in [5.41, 5.74) is 0.691. The fraction of sp³-hybridized carbons (Fsp3) is 0.821. The molecule has 4 N–H and O–H groups in total. The van der Waals surface area contributed by atoms with Crippen molar-refractivity contribution in [3.63, 3.8) is 0 Å². The number of allylic oxidation sites excluding steroid dienone is 3. The van der Waals surface area contributed by atoms with E-state index in [-0.39, 0.29) is 25.2 Å². The fourth-order valence-electron chi connectivity index (χ4n) is 7.44. The van der Waals surface area contributed by atoms with Crippen LogP contribution in [0.5, 0.6) is 0 Å². The highest BCUT2D eigenvalue weighted by atomic mass is 16.7. The van der Waals surface area contributed by atoms with Gasteiger partial charge in [0.2, 0.25) is 0 Å². The number of carbonyl (C=O) groups excluding carboxylic acids is 3. The topological polar surface area (TPSA) is 215 Å². The number of carbonyl (C=O) groups is 3. The monoisotopic (exact) mass is 788 g/mol. The van der Waals surface area contributed by atoms with Crippen LogP contribution in [0.3, 0.4) is 0 Å². The van der Waals surface area contributed by atoms with Crippen molar-refractivity contribution in [3.8, 4) is 0 Å². The van der Waals surface area contributed by atoms with Crippen molar-refractivity contribution in [2.75, 3.05) is 35.0 Å². The molecule has 0 bridgehead atoms. The van der Waals surface area contributed by atoms with Crippen LogP contribution in [0.25, 0.3) is 0 Å². The van der Waals surface area contributed by atoms with Gasteiger partial charge in [-0.25, -0.2) is 0 Å². The Labute approximate surface area is 324 Å². The summed E-state index contributed by atoms with van der Waals surface area (Å²) in [6.07, 6.45) is -8.52. The molecular weight excluding hydrogens is 724 g/mol. The number of ketones is 2. The Bertz CT molecular complexity index is 1290. The average molecular weight is 789 g/mol. The fourth-order valence-corrected chi connectivity index (χ4v) is 7.44. The molecule has 2 saturated heterocycles. The van der Waals surface area contributed by atoms with Crippen molar-refractivity contribution in [1.82, 2.24) is 0 Å². The molecule has 0 spiro atoms. The molecule has 0 aromatic carbocycles. The normalized spacial score (nSPS) is 41.8. The van der Waals surface area contributed by atoms with E-state index in [1.54, 1.807) is 26.8 Å². The Kier molecular flexibility index (Phi) is 19.0. The minimum absolute atomic E-state index is 0.00262. The van der Waals surface area contributed by atoms with Crippen LogP contribution in [0.2, 0.25) is 0 Å². The zero-order chi connectivity index (χ0) is 41.1. The first-order valence-corrected chi connectivity index (χ1v) is 19.1. The molecule has 0 radical (unpaired) electrons. The van der Waals surface area contributed by atoms with Crippen molar-refractivity contribution in [1.29, 1.82) is 0 Å². The number of aliphatic hydroxyl groups excluding tert-OH is 4. The molecular formula is C39H64O16. The van der Waals surface area contributed by atoms with Crippen LogP contribution in [0.4, 0.5) is 0 Å². The summed E-state index contributed by atoms with van der Waals surface area (Å²) in [5, 5.41) is 43.2. The molecule has 3 aliphatic heterocycles. The Hall–Kier alpha value is -2.19. The maximum atomic E-state index is 13.6. The van der Waals surface area contributed by atoms with Crippen LogP contribution in [-0.2, 0) is 57.0 Å². The molecule has 0 aromatic heterocycles. The molecule has 16 nitrogen and oxygen atoms in total. The van der Waals surface area contributed by atoms with Crippen LogP contribution in [0, 0.1) is 23.7 Å². The molecule has 3 aliphatic rings. The Balaban J connectivity index is 2.00. The summed E-state index contributed by atoms with van der Waals surface area (Å²) in [7, 11) is 5.83. The van der Waals surface area contributed by atoms with Gasteiger partial charge in [0.15, 0.2) is 36.5 Å². The number of Topliss-reactive ketones (excluding diaryl/α,β-unsaturated/α-hetero) is 1. The third-order valence-electron chi connectivity index (χ3n) is 11.0. The second-order valence-electron chi connectivity index (χ2n) is 14.9. The minimum Gasteiger partial charge on any atom is -0.462 e. The molecule has 0 aromatic rings. The van der Waals surface area contributed by atoms with Crippen molar-refractivity contribution in [2.24, 2.45) is 23.7 Å². The lowest BCUT2D eigenvalue weighted by atomic mass is 9.79. The lowest BCUT2D eigenvalue weighted by Gasteiger charge is -2.42. The second kappa shape index (κ2) is 22.1. The molecule has 0 amide bonds. The van der Waals surface area contributed by atoms with E-state index in [0.717, 1.165) is 0 Å². The summed E-state index contributed by atoms with van der Waals surface area (Å²) >= 11 is 0. The van der Waals surface area contributed by atoms with E-state index in [2.05, 4.69) is 0 Å². The van der Waals surface area contributed by atoms with Gasteiger partial charge >= 0.3 is 5.97 Å². The third kappa shape index (κ3) is 12.4. The first-order chi connectivity index (χ1) is 26.0. The highest BCUT2D eigenvalue weighted by Gasteiger charge is 2.47. The van der Waals surface area contributed by atoms with E-state index in [1.807, 2.05) is 19.9 Å². The van der Waals surface area contributed by atoms with Gasteiger partial charge in [-0.2, -0.15) is 0 Å². The van der Waals surface area contributed by atoms with Crippen LogP contribution in [0.1, 0.15) is 67.2 Å². The summed E-state index contributed by atoms with van der Waals surface area (Å²) in [6, 6.07) is 0. The smallest absolute Gasteiger partial charge is 0.308 e. The average Bonchev–Trinajstić information content (AvgIpc) is 3.16. The lowest BCUT2D eigenvalue weighted by molar-refractivity contribution is -0.304. The highest BCUT2D eigenvalue weighted by molar-refractivity contribution is 5.91. The highest BCUT2D eigenvalue weighted by Crippen LogP contribution is 2.35. The number of esters is 1. The van der Waals surface area contributed by atoms with Crippen LogP contribution >= 0.6 is 0 Å². The van der Waals surface area contributed by atoms with E-state index >= 15 is 0 Å². The zero-order valence-electron chi connectivity index (χ0n) is 33.8. The lowest BCUT2D eigenvalue weighted by Crippen LogP contribution is -2.59. The largest absolute Gasteiger partial charge is 0.462 e. The summed E-state index contributed by atoms with van der Waals surface area (Å²) in [5.74, 6) is -4.36. The first-order valence-electron chi connectivity index (χ1n) is 19.1. The molecule has 316 valence electrons. The van der Waals surface area contributed by atoms with Crippen LogP contribution < -0.4 is 0 Å². The van der Waals surface area contributed by atoms with Crippen LogP contribution in [-0.4, -0.2) is 153 Å². The van der Waals surface area contributed by atoms with Gasteiger partial charge in [-0.15, -0.1) is 0 Å². The Morgan fingerprint density at radius 2 is 1.47 bits per heavy atom. The minimum atomic E-state index is -1.84. The second-order valence-corrected chi connectivity index (χ2v) is 14.9. The van der Waals surface area contributed by atoms with Crippen molar-refractivity contribution < 1.29 is 77.4 Å². The number of ether oxygens (including phenoxy) is 9. The molecule has 16 atom stereocenters. The van der Waals surface area contributed by atoms with Crippen LogP contribution in [0.15, 0.2) is 23.8 Å². The number of rotatable bonds is 12. The molecule has 2 fully saturated rings. The van der Waals surface area contributed by atoms with E-state index in [0.29, 0.717) is 12.0 Å². The zero-order valence-corrected chi connectivity index (χ0v) is 33.8. The summed E-state index contributed by atoms with van der Waals surface area (Å²) < 4.78 is 52.3. The van der Waals surface area contributed by atoms with Gasteiger partial charge in [-0.05, 0) is 45.6 Å². The first kappa shape index (κ1) is 47.2. The van der Waals surface area contributed by atoms with Crippen molar-refractivity contribution in [3.05, 3.63) is 23.8 Å². The van der Waals surface area contributed by atoms with Gasteiger partial charge in [-0.1, -0.05) is 38.5 Å². The molecule has 0 saturated carbocycles. The molecule has 0 aliphatic carbocycles. The molecule has 16 heteroatoms. The number of hydrogen-bond acceptors (Lipinski definition) is 16. The van der Waals surface area contributed by atoms with E-state index in [9.17, 15) is 34.8 Å². The van der Waals surface area contributed by atoms with E-state index in [4.69, 9.17) is 42.6 Å². The number of cyclic esters (lactones) is 1. The number of aliphatic hydroxyl groups is 4. The number of hydrogen-bond donors (Lipinski definition) is 4. The quantitative estimate of drug-likeness (QED) is 0.163. The SMILES string of the molecule is CC[C@H]1OC(=O)C[C@@H](O)[C@H](C)[C@@H](O[C@H]2O[C@@H](C)[C@H](O)C(=O)[C@@H]2O)[C@@H](CC(OC)OC)C[C@@H](C)C(=O)/C=C/C(C)=C/[C@@H]1CO[C@@H]1O[C@H](C)[C@@H](O)[C@@H](OC)[C@H]1OC. The predicted octanol–water partition coefficient (Wildman–Crippen LogP) is 1.62. The predicted molar refractivity (Wildman–Crippen MR) is 195 cm³/mol. The van der Waals surface area contributed by atoms with E-state index in [1.165, 1.54) is 41.4 Å². The van der Waals surface area contributed by atoms with Gasteiger partial charge in [0.1, 0.15) is 30.5 Å². The van der Waals surface area contributed by atoms with Crippen molar-refractivity contribution in [2.45, 2.75) is 147 Å². The Morgan fingerprint density at radius 3 is 2.07 bits per heavy atom.